The number of aromatic nitrogens is 1. The molecule has 0 saturated heterocycles. The van der Waals surface area contributed by atoms with Gasteiger partial charge in [-0.1, -0.05) is 6.08 Å². The molecule has 1 atom stereocenters. The number of rotatable bonds is 1. The average Bonchev–Trinajstić information content (AvgIpc) is 2.57. The first-order chi connectivity index (χ1) is 5.88. The van der Waals surface area contributed by atoms with Gasteiger partial charge in [0, 0.05) is 11.6 Å². The topological polar surface area (TPSA) is 38.1 Å². The van der Waals surface area contributed by atoms with Crippen LogP contribution in [0.25, 0.3) is 5.57 Å². The van der Waals surface area contributed by atoms with Gasteiger partial charge in [-0.3, -0.25) is 0 Å². The van der Waals surface area contributed by atoms with Crippen LogP contribution in [0.5, 0.6) is 0 Å². The van der Waals surface area contributed by atoms with E-state index in [4.69, 9.17) is 4.42 Å². The molecule has 1 aliphatic heterocycles. The van der Waals surface area contributed by atoms with E-state index in [-0.39, 0.29) is 0 Å². The molecule has 0 aliphatic carbocycles. The fourth-order valence-electron chi connectivity index (χ4n) is 1.45. The summed E-state index contributed by atoms with van der Waals surface area (Å²) < 4.78 is 5.22. The molecule has 0 bridgehead atoms. The normalized spacial score (nSPS) is 23.8. The number of hydrogen-bond donors (Lipinski definition) is 1. The van der Waals surface area contributed by atoms with E-state index in [1.165, 1.54) is 5.57 Å². The Morgan fingerprint density at radius 3 is 3.25 bits per heavy atom. The zero-order chi connectivity index (χ0) is 8.39. The Balaban J connectivity index is 2.27. The molecular formula is C9H12N2O. The van der Waals surface area contributed by atoms with Gasteiger partial charge in [-0.05, 0) is 19.9 Å². The number of nitrogens with one attached hydrogen (secondary N) is 1. The van der Waals surface area contributed by atoms with Gasteiger partial charge in [0.05, 0.1) is 6.20 Å². The van der Waals surface area contributed by atoms with Crippen LogP contribution in [0, 0.1) is 0 Å². The van der Waals surface area contributed by atoms with Crippen LogP contribution >= 0.6 is 0 Å². The van der Waals surface area contributed by atoms with Crippen molar-refractivity contribution >= 4 is 5.57 Å². The molecule has 1 aromatic heterocycles. The van der Waals surface area contributed by atoms with Crippen LogP contribution in [0.1, 0.15) is 19.2 Å². The molecule has 0 radical (unpaired) electrons. The molecule has 1 unspecified atom stereocenters. The fourth-order valence-corrected chi connectivity index (χ4v) is 1.45. The zero-order valence-corrected chi connectivity index (χ0v) is 7.08. The molecule has 0 saturated carbocycles. The molecule has 3 nitrogen and oxygen atoms in total. The summed E-state index contributed by atoms with van der Waals surface area (Å²) >= 11 is 0. The van der Waals surface area contributed by atoms with E-state index in [1.807, 2.05) is 0 Å². The maximum atomic E-state index is 5.22. The van der Waals surface area contributed by atoms with E-state index < -0.39 is 0 Å². The molecule has 1 aliphatic rings. The smallest absolute Gasteiger partial charge is 0.222 e. The predicted octanol–water partition coefficient (Wildman–Crippen LogP) is 1.44. The summed E-state index contributed by atoms with van der Waals surface area (Å²) in [7, 11) is 0. The number of oxazole rings is 1. The Bertz CT molecular complexity index is 277. The Morgan fingerprint density at radius 1 is 1.67 bits per heavy atom. The molecule has 64 valence electrons. The molecule has 2 heterocycles. The van der Waals surface area contributed by atoms with Crippen LogP contribution in [0.3, 0.4) is 0 Å². The van der Waals surface area contributed by atoms with Crippen molar-refractivity contribution in [2.45, 2.75) is 19.4 Å². The third kappa shape index (κ3) is 1.28. The van der Waals surface area contributed by atoms with Crippen LogP contribution in [0.4, 0.5) is 0 Å². The lowest BCUT2D eigenvalue weighted by Crippen LogP contribution is -2.31. The summed E-state index contributed by atoms with van der Waals surface area (Å²) in [6, 6.07) is 0.359. The van der Waals surface area contributed by atoms with Crippen LogP contribution in [-0.2, 0) is 0 Å². The molecule has 0 aromatic carbocycles. The van der Waals surface area contributed by atoms with Gasteiger partial charge < -0.3 is 9.73 Å². The SMILES string of the molecule is CC1NCCC=C1c1ncco1. The third-order valence-electron chi connectivity index (χ3n) is 2.10. The van der Waals surface area contributed by atoms with E-state index in [2.05, 4.69) is 23.3 Å². The minimum absolute atomic E-state index is 0.359. The predicted molar refractivity (Wildman–Crippen MR) is 46.6 cm³/mol. The van der Waals surface area contributed by atoms with Gasteiger partial charge in [-0.2, -0.15) is 0 Å². The van der Waals surface area contributed by atoms with Gasteiger partial charge in [0.25, 0.3) is 0 Å². The summed E-state index contributed by atoms with van der Waals surface area (Å²) in [6.07, 6.45) is 6.53. The van der Waals surface area contributed by atoms with Gasteiger partial charge in [0.2, 0.25) is 5.89 Å². The molecule has 0 amide bonds. The van der Waals surface area contributed by atoms with Gasteiger partial charge in [-0.15, -0.1) is 0 Å². The first-order valence-corrected chi connectivity index (χ1v) is 4.21. The minimum atomic E-state index is 0.359. The molecule has 2 rings (SSSR count). The quantitative estimate of drug-likeness (QED) is 0.682. The van der Waals surface area contributed by atoms with Crippen molar-refractivity contribution in [3.05, 3.63) is 24.4 Å². The van der Waals surface area contributed by atoms with Gasteiger partial charge >= 0.3 is 0 Å². The lowest BCUT2D eigenvalue weighted by molar-refractivity contribution is 0.522. The fraction of sp³-hybridized carbons (Fsp3) is 0.444. The van der Waals surface area contributed by atoms with Crippen molar-refractivity contribution in [1.82, 2.24) is 10.3 Å². The monoisotopic (exact) mass is 164 g/mol. The van der Waals surface area contributed by atoms with Crippen molar-refractivity contribution < 1.29 is 4.42 Å². The molecule has 0 spiro atoms. The van der Waals surface area contributed by atoms with Crippen molar-refractivity contribution in [3.63, 3.8) is 0 Å². The van der Waals surface area contributed by atoms with E-state index >= 15 is 0 Å². The van der Waals surface area contributed by atoms with Crippen LogP contribution in [0.15, 0.2) is 23.0 Å². The molecule has 1 aromatic rings. The summed E-state index contributed by atoms with van der Waals surface area (Å²) in [5.41, 5.74) is 1.17. The second kappa shape index (κ2) is 3.11. The molecular weight excluding hydrogens is 152 g/mol. The Kier molecular flexibility index (Phi) is 1.96. The van der Waals surface area contributed by atoms with E-state index in [1.54, 1.807) is 12.5 Å². The van der Waals surface area contributed by atoms with Crippen molar-refractivity contribution in [2.24, 2.45) is 0 Å². The Hall–Kier alpha value is -1.09. The lowest BCUT2D eigenvalue weighted by atomic mass is 10.0. The maximum absolute atomic E-state index is 5.22. The highest BCUT2D eigenvalue weighted by molar-refractivity contribution is 5.63. The van der Waals surface area contributed by atoms with Gasteiger partial charge in [-0.25, -0.2) is 4.98 Å². The molecule has 1 N–H and O–H groups in total. The molecule has 12 heavy (non-hydrogen) atoms. The van der Waals surface area contributed by atoms with Crippen molar-refractivity contribution in [1.29, 1.82) is 0 Å². The highest BCUT2D eigenvalue weighted by atomic mass is 16.3. The summed E-state index contributed by atoms with van der Waals surface area (Å²) in [5.74, 6) is 0.745. The van der Waals surface area contributed by atoms with E-state index in [9.17, 15) is 0 Å². The average molecular weight is 164 g/mol. The minimum Gasteiger partial charge on any atom is -0.445 e. The van der Waals surface area contributed by atoms with E-state index in [0.29, 0.717) is 6.04 Å². The standard InChI is InChI=1S/C9H12N2O/c1-7-8(3-2-4-10-7)9-11-5-6-12-9/h3,5-7,10H,2,4H2,1H3. The first-order valence-electron chi connectivity index (χ1n) is 4.21. The largest absolute Gasteiger partial charge is 0.445 e. The summed E-state index contributed by atoms with van der Waals surface area (Å²) in [6.45, 7) is 3.17. The van der Waals surface area contributed by atoms with Crippen LogP contribution in [-0.4, -0.2) is 17.6 Å². The zero-order valence-electron chi connectivity index (χ0n) is 7.08. The third-order valence-corrected chi connectivity index (χ3v) is 2.10. The summed E-state index contributed by atoms with van der Waals surface area (Å²) in [4.78, 5) is 4.12. The number of hydrogen-bond acceptors (Lipinski definition) is 3. The Morgan fingerprint density at radius 2 is 2.58 bits per heavy atom. The highest BCUT2D eigenvalue weighted by Gasteiger charge is 2.16. The number of nitrogens with zero attached hydrogens (tertiary/aromatic N) is 1. The van der Waals surface area contributed by atoms with Gasteiger partial charge in [0.1, 0.15) is 6.26 Å². The highest BCUT2D eigenvalue weighted by Crippen LogP contribution is 2.19. The maximum Gasteiger partial charge on any atom is 0.222 e. The molecule has 0 fully saturated rings. The lowest BCUT2D eigenvalue weighted by Gasteiger charge is -2.19. The summed E-state index contributed by atoms with van der Waals surface area (Å²) in [5, 5.41) is 3.35. The Labute approximate surface area is 71.5 Å². The van der Waals surface area contributed by atoms with Gasteiger partial charge in [0.15, 0.2) is 0 Å². The first kappa shape index (κ1) is 7.55. The van der Waals surface area contributed by atoms with Crippen molar-refractivity contribution in [2.75, 3.05) is 6.54 Å². The second-order valence-electron chi connectivity index (χ2n) is 2.96. The van der Waals surface area contributed by atoms with Crippen molar-refractivity contribution in [3.8, 4) is 0 Å². The van der Waals surface area contributed by atoms with Crippen LogP contribution in [0.2, 0.25) is 0 Å². The van der Waals surface area contributed by atoms with E-state index in [0.717, 1.165) is 18.9 Å². The second-order valence-corrected chi connectivity index (χ2v) is 2.96. The van der Waals surface area contributed by atoms with Crippen LogP contribution < -0.4 is 5.32 Å². The molecule has 3 heteroatoms.